The molecule has 0 N–H and O–H groups in total. The number of furan rings is 2. The summed E-state index contributed by atoms with van der Waals surface area (Å²) in [6.45, 7) is 0. The molecule has 234 valence electrons. The third kappa shape index (κ3) is 4.52. The highest BCUT2D eigenvalue weighted by atomic mass is 16.3. The molecule has 0 saturated carbocycles. The van der Waals surface area contributed by atoms with Crippen molar-refractivity contribution in [3.8, 4) is 56.4 Å². The number of hydrogen-bond donors (Lipinski definition) is 0. The summed E-state index contributed by atoms with van der Waals surface area (Å²) in [7, 11) is 0. The van der Waals surface area contributed by atoms with E-state index >= 15 is 0 Å². The van der Waals surface area contributed by atoms with Gasteiger partial charge >= 0.3 is 0 Å². The first kappa shape index (κ1) is 28.2. The van der Waals surface area contributed by atoms with Gasteiger partial charge in [-0.15, -0.1) is 0 Å². The van der Waals surface area contributed by atoms with E-state index in [1.807, 2.05) is 91.0 Å². The van der Waals surface area contributed by atoms with Gasteiger partial charge in [0, 0.05) is 49.4 Å². The van der Waals surface area contributed by atoms with E-state index in [9.17, 15) is 0 Å². The Kier molecular flexibility index (Phi) is 6.42. The molecule has 0 aliphatic rings. The second-order valence-electron chi connectivity index (χ2n) is 12.3. The van der Waals surface area contributed by atoms with E-state index in [4.69, 9.17) is 23.8 Å². The molecule has 50 heavy (non-hydrogen) atoms. The Morgan fingerprint density at radius 2 is 0.860 bits per heavy atom. The average Bonchev–Trinajstić information content (AvgIpc) is 3.77. The minimum Gasteiger partial charge on any atom is -0.456 e. The molecule has 3 heterocycles. The molecule has 0 unspecified atom stereocenters. The van der Waals surface area contributed by atoms with E-state index in [2.05, 4.69) is 72.8 Å². The predicted molar refractivity (Wildman–Crippen MR) is 202 cm³/mol. The maximum Gasteiger partial charge on any atom is 0.164 e. The van der Waals surface area contributed by atoms with Crippen molar-refractivity contribution in [2.24, 2.45) is 0 Å². The molecule has 0 fully saturated rings. The van der Waals surface area contributed by atoms with Gasteiger partial charge in [-0.2, -0.15) is 0 Å². The van der Waals surface area contributed by atoms with Gasteiger partial charge in [0.05, 0.1) is 0 Å². The first-order chi connectivity index (χ1) is 24.8. The number of benzene rings is 7. The van der Waals surface area contributed by atoms with Gasteiger partial charge in [0.2, 0.25) is 0 Å². The highest BCUT2D eigenvalue weighted by Gasteiger charge is 2.23. The molecule has 0 aliphatic heterocycles. The molecule has 10 rings (SSSR count). The maximum absolute atomic E-state index is 7.05. The summed E-state index contributed by atoms with van der Waals surface area (Å²) in [4.78, 5) is 15.1. The molecule has 0 bridgehead atoms. The van der Waals surface area contributed by atoms with Gasteiger partial charge in [0.25, 0.3) is 0 Å². The Balaban J connectivity index is 1.26. The van der Waals surface area contributed by atoms with Gasteiger partial charge in [-0.25, -0.2) is 15.0 Å². The Morgan fingerprint density at radius 1 is 0.320 bits per heavy atom. The zero-order valence-corrected chi connectivity index (χ0v) is 26.7. The van der Waals surface area contributed by atoms with Crippen molar-refractivity contribution >= 4 is 43.9 Å². The number of fused-ring (bicyclic) bond motifs is 6. The summed E-state index contributed by atoms with van der Waals surface area (Å²) in [6, 6.07) is 55.5. The Hall–Kier alpha value is -6.85. The van der Waals surface area contributed by atoms with Crippen LogP contribution in [0.2, 0.25) is 0 Å². The van der Waals surface area contributed by atoms with Gasteiger partial charge in [-0.1, -0.05) is 140 Å². The van der Waals surface area contributed by atoms with Crippen molar-refractivity contribution in [3.05, 3.63) is 164 Å². The topological polar surface area (TPSA) is 65.0 Å². The molecule has 0 spiro atoms. The van der Waals surface area contributed by atoms with E-state index in [0.717, 1.165) is 82.8 Å². The van der Waals surface area contributed by atoms with Crippen LogP contribution < -0.4 is 0 Å². The standard InChI is InChI=1S/C45H27N3O2/c1-4-14-28(15-5-1)39-36(45-47-43(29-16-6-2-7-17-29)46-44(48-45)30-18-8-3-9-19-30)27-26-34-33-23-12-22-32(41(33)50-42(34)39)31-21-13-25-38-40(31)35-20-10-11-24-37(35)49-38/h1-27H. The number of rotatable bonds is 5. The van der Waals surface area contributed by atoms with Crippen molar-refractivity contribution in [2.45, 2.75) is 0 Å². The third-order valence-electron chi connectivity index (χ3n) is 9.36. The fourth-order valence-electron chi connectivity index (χ4n) is 7.08. The van der Waals surface area contributed by atoms with Crippen molar-refractivity contribution in [3.63, 3.8) is 0 Å². The molecular weight excluding hydrogens is 615 g/mol. The lowest BCUT2D eigenvalue weighted by Gasteiger charge is -2.12. The molecule has 3 aromatic heterocycles. The molecule has 0 aliphatic carbocycles. The van der Waals surface area contributed by atoms with Crippen LogP contribution in [0, 0.1) is 0 Å². The van der Waals surface area contributed by atoms with Crippen LogP contribution in [0.3, 0.4) is 0 Å². The first-order valence-corrected chi connectivity index (χ1v) is 16.6. The van der Waals surface area contributed by atoms with E-state index in [0.29, 0.717) is 17.5 Å². The van der Waals surface area contributed by atoms with Crippen molar-refractivity contribution in [2.75, 3.05) is 0 Å². The Bertz CT molecular complexity index is 2800. The number of nitrogens with zero attached hydrogens (tertiary/aromatic N) is 3. The number of aromatic nitrogens is 3. The Morgan fingerprint density at radius 3 is 1.58 bits per heavy atom. The second-order valence-corrected chi connectivity index (χ2v) is 12.3. The molecule has 5 nitrogen and oxygen atoms in total. The molecule has 10 aromatic rings. The largest absolute Gasteiger partial charge is 0.456 e. The maximum atomic E-state index is 7.05. The zero-order chi connectivity index (χ0) is 33.0. The molecule has 5 heteroatoms. The van der Waals surface area contributed by atoms with E-state index in [1.165, 1.54) is 0 Å². The van der Waals surface area contributed by atoms with Gasteiger partial charge < -0.3 is 8.83 Å². The quantitative estimate of drug-likeness (QED) is 0.187. The summed E-state index contributed by atoms with van der Waals surface area (Å²) in [5.74, 6) is 1.80. The van der Waals surface area contributed by atoms with Crippen LogP contribution in [0.1, 0.15) is 0 Å². The predicted octanol–water partition coefficient (Wildman–Crippen LogP) is 12.0. The zero-order valence-electron chi connectivity index (χ0n) is 26.7. The fraction of sp³-hybridized carbons (Fsp3) is 0. The SMILES string of the molecule is c1ccc(-c2nc(-c3ccccc3)nc(-c3ccc4c(oc5c(-c6cccc7oc8ccccc8c67)cccc54)c3-c3ccccc3)n2)cc1. The monoisotopic (exact) mass is 641 g/mol. The number of para-hydroxylation sites is 2. The van der Waals surface area contributed by atoms with Crippen LogP contribution in [-0.2, 0) is 0 Å². The minimum atomic E-state index is 0.578. The van der Waals surface area contributed by atoms with Crippen LogP contribution in [0.5, 0.6) is 0 Å². The third-order valence-corrected chi connectivity index (χ3v) is 9.36. The molecular formula is C45H27N3O2. The van der Waals surface area contributed by atoms with E-state index in [-0.39, 0.29) is 0 Å². The second kappa shape index (κ2) is 11.4. The average molecular weight is 642 g/mol. The van der Waals surface area contributed by atoms with Gasteiger partial charge in [-0.3, -0.25) is 0 Å². The molecule has 0 amide bonds. The van der Waals surface area contributed by atoms with Crippen LogP contribution in [0.15, 0.2) is 173 Å². The number of hydrogen-bond acceptors (Lipinski definition) is 5. The summed E-state index contributed by atoms with van der Waals surface area (Å²) >= 11 is 0. The molecule has 0 radical (unpaired) electrons. The highest BCUT2D eigenvalue weighted by Crippen LogP contribution is 2.45. The Labute approximate surface area is 287 Å². The lowest BCUT2D eigenvalue weighted by atomic mass is 9.95. The van der Waals surface area contributed by atoms with Crippen LogP contribution in [-0.4, -0.2) is 15.0 Å². The normalized spacial score (nSPS) is 11.6. The molecule has 0 saturated heterocycles. The van der Waals surface area contributed by atoms with Crippen molar-refractivity contribution in [1.82, 2.24) is 15.0 Å². The van der Waals surface area contributed by atoms with Crippen molar-refractivity contribution < 1.29 is 8.83 Å². The highest BCUT2D eigenvalue weighted by molar-refractivity contribution is 6.19. The van der Waals surface area contributed by atoms with Crippen LogP contribution >= 0.6 is 0 Å². The lowest BCUT2D eigenvalue weighted by Crippen LogP contribution is -2.01. The summed E-state index contributed by atoms with van der Waals surface area (Å²) in [5.41, 5.74) is 10.0. The summed E-state index contributed by atoms with van der Waals surface area (Å²) < 4.78 is 13.3. The van der Waals surface area contributed by atoms with Gasteiger partial charge in [0.1, 0.15) is 22.3 Å². The summed E-state index contributed by atoms with van der Waals surface area (Å²) in [5, 5.41) is 4.22. The lowest BCUT2D eigenvalue weighted by molar-refractivity contribution is 0.669. The van der Waals surface area contributed by atoms with Gasteiger partial charge in [-0.05, 0) is 35.4 Å². The van der Waals surface area contributed by atoms with Crippen LogP contribution in [0.25, 0.3) is 100 Å². The fourth-order valence-corrected chi connectivity index (χ4v) is 7.08. The molecule has 7 aromatic carbocycles. The van der Waals surface area contributed by atoms with Crippen molar-refractivity contribution in [1.29, 1.82) is 0 Å². The van der Waals surface area contributed by atoms with Gasteiger partial charge in [0.15, 0.2) is 17.5 Å². The first-order valence-electron chi connectivity index (χ1n) is 16.6. The smallest absolute Gasteiger partial charge is 0.164 e. The minimum absolute atomic E-state index is 0.578. The van der Waals surface area contributed by atoms with E-state index in [1.54, 1.807) is 0 Å². The summed E-state index contributed by atoms with van der Waals surface area (Å²) in [6.07, 6.45) is 0. The van der Waals surface area contributed by atoms with E-state index < -0.39 is 0 Å². The van der Waals surface area contributed by atoms with Crippen LogP contribution in [0.4, 0.5) is 0 Å². The molecule has 0 atom stereocenters.